The van der Waals surface area contributed by atoms with Crippen LogP contribution >= 0.6 is 0 Å². The Morgan fingerprint density at radius 2 is 1.86 bits per heavy atom. The molecule has 0 bridgehead atoms. The summed E-state index contributed by atoms with van der Waals surface area (Å²) in [4.78, 5) is 23.5. The summed E-state index contributed by atoms with van der Waals surface area (Å²) in [7, 11) is 0. The van der Waals surface area contributed by atoms with Crippen molar-refractivity contribution < 1.29 is 24.2 Å². The summed E-state index contributed by atoms with van der Waals surface area (Å²) in [5.74, 6) is -3.08. The zero-order valence-corrected chi connectivity index (χ0v) is 12.2. The first-order chi connectivity index (χ1) is 10.3. The molecule has 1 amide bonds. The van der Waals surface area contributed by atoms with Crippen molar-refractivity contribution in [3.63, 3.8) is 0 Å². The van der Waals surface area contributed by atoms with Crippen molar-refractivity contribution in [2.75, 3.05) is 0 Å². The van der Waals surface area contributed by atoms with Crippen molar-refractivity contribution in [2.45, 2.75) is 25.8 Å². The van der Waals surface area contributed by atoms with Gasteiger partial charge < -0.3 is 15.5 Å². The van der Waals surface area contributed by atoms with Crippen molar-refractivity contribution >= 4 is 22.6 Å². The van der Waals surface area contributed by atoms with Crippen LogP contribution in [0.4, 0.5) is 4.39 Å². The van der Waals surface area contributed by atoms with Crippen molar-refractivity contribution in [1.29, 1.82) is 0 Å². The van der Waals surface area contributed by atoms with E-state index in [4.69, 9.17) is 0 Å². The smallest absolute Gasteiger partial charge is 0.329 e. The summed E-state index contributed by atoms with van der Waals surface area (Å²) in [6.07, 6.45) is 0.144. The fourth-order valence-corrected chi connectivity index (χ4v) is 2.10. The van der Waals surface area contributed by atoms with Gasteiger partial charge in [0.2, 0.25) is 0 Å². The maximum atomic E-state index is 14.1. The molecule has 0 fully saturated rings. The molecule has 22 heavy (non-hydrogen) atoms. The van der Waals surface area contributed by atoms with Crippen LogP contribution in [-0.2, 0) is 4.79 Å². The van der Waals surface area contributed by atoms with Crippen molar-refractivity contribution in [3.8, 4) is 5.75 Å². The number of aromatic hydroxyl groups is 1. The van der Waals surface area contributed by atoms with Crippen molar-refractivity contribution in [2.24, 2.45) is 0 Å². The van der Waals surface area contributed by atoms with Crippen LogP contribution in [0.3, 0.4) is 0 Å². The highest BCUT2D eigenvalue weighted by Gasteiger charge is 2.34. The number of phenols is 1. The van der Waals surface area contributed by atoms with Gasteiger partial charge in [-0.2, -0.15) is 0 Å². The Bertz CT molecular complexity index is 759. The molecule has 1 atom stereocenters. The minimum absolute atomic E-state index is 0.144. The maximum Gasteiger partial charge on any atom is 0.329 e. The summed E-state index contributed by atoms with van der Waals surface area (Å²) >= 11 is 0. The molecule has 0 aliphatic rings. The Kier molecular flexibility index (Phi) is 4.03. The average molecular weight is 305 g/mol. The molecule has 0 aliphatic carbocycles. The number of hydrogen-bond acceptors (Lipinski definition) is 3. The normalized spacial score (nSPS) is 13.6. The predicted molar refractivity (Wildman–Crippen MR) is 79.4 cm³/mol. The fraction of sp³-hybridized carbons (Fsp3) is 0.250. The monoisotopic (exact) mass is 305 g/mol. The first-order valence-electron chi connectivity index (χ1n) is 6.76. The molecule has 1 unspecified atom stereocenters. The van der Waals surface area contributed by atoms with Crippen molar-refractivity contribution in [1.82, 2.24) is 5.32 Å². The molecular weight excluding hydrogens is 289 g/mol. The number of carbonyl (C=O) groups is 2. The van der Waals surface area contributed by atoms with E-state index < -0.39 is 23.2 Å². The largest absolute Gasteiger partial charge is 0.506 e. The highest BCUT2D eigenvalue weighted by molar-refractivity contribution is 6.05. The van der Waals surface area contributed by atoms with Crippen LogP contribution in [0.1, 0.15) is 30.6 Å². The summed E-state index contributed by atoms with van der Waals surface area (Å²) in [6, 6.07) is 7.10. The van der Waals surface area contributed by atoms with Crippen LogP contribution in [0.25, 0.3) is 10.8 Å². The summed E-state index contributed by atoms with van der Waals surface area (Å²) < 4.78 is 14.1. The molecule has 5 nitrogen and oxygen atoms in total. The van der Waals surface area contributed by atoms with Gasteiger partial charge in [-0.3, -0.25) is 4.79 Å². The van der Waals surface area contributed by atoms with E-state index in [2.05, 4.69) is 5.32 Å². The van der Waals surface area contributed by atoms with Crippen LogP contribution in [-0.4, -0.2) is 27.6 Å². The Morgan fingerprint density at radius 3 is 2.41 bits per heavy atom. The number of nitrogens with one attached hydrogen (secondary N) is 1. The number of carboxylic acid groups (broad SMARTS) is 1. The van der Waals surface area contributed by atoms with Crippen LogP contribution in [0.2, 0.25) is 0 Å². The summed E-state index contributed by atoms with van der Waals surface area (Å²) in [5, 5.41) is 22.1. The van der Waals surface area contributed by atoms with Crippen LogP contribution in [0, 0.1) is 5.82 Å². The van der Waals surface area contributed by atoms with E-state index >= 15 is 0 Å². The molecule has 2 aromatic rings. The number of carbonyl (C=O) groups excluding carboxylic acids is 1. The molecule has 0 spiro atoms. The number of amides is 1. The molecule has 3 N–H and O–H groups in total. The number of benzene rings is 2. The third kappa shape index (κ3) is 2.59. The van der Waals surface area contributed by atoms with Crippen LogP contribution in [0.15, 0.2) is 30.3 Å². The Hall–Kier alpha value is -2.63. The quantitative estimate of drug-likeness (QED) is 0.810. The molecule has 0 saturated carbocycles. The Labute approximate surface area is 126 Å². The van der Waals surface area contributed by atoms with E-state index in [1.54, 1.807) is 19.1 Å². The van der Waals surface area contributed by atoms with Gasteiger partial charge >= 0.3 is 5.97 Å². The molecule has 2 rings (SSSR count). The first-order valence-corrected chi connectivity index (χ1v) is 6.76. The molecule has 6 heteroatoms. The van der Waals surface area contributed by atoms with E-state index in [0.29, 0.717) is 0 Å². The van der Waals surface area contributed by atoms with Gasteiger partial charge in [-0.25, -0.2) is 9.18 Å². The maximum absolute atomic E-state index is 14.1. The highest BCUT2D eigenvalue weighted by atomic mass is 19.1. The van der Waals surface area contributed by atoms with Gasteiger partial charge in [0.15, 0.2) is 0 Å². The number of fused-ring (bicyclic) bond motifs is 1. The third-order valence-electron chi connectivity index (χ3n) is 3.78. The second-order valence-corrected chi connectivity index (χ2v) is 5.25. The third-order valence-corrected chi connectivity index (χ3v) is 3.78. The Morgan fingerprint density at radius 1 is 1.27 bits per heavy atom. The van der Waals surface area contributed by atoms with Gasteiger partial charge in [0.25, 0.3) is 5.91 Å². The first kappa shape index (κ1) is 15.8. The topological polar surface area (TPSA) is 86.6 Å². The highest BCUT2D eigenvalue weighted by Crippen LogP contribution is 2.31. The molecule has 116 valence electrons. The molecule has 0 aliphatic heterocycles. The van der Waals surface area contributed by atoms with Crippen molar-refractivity contribution in [3.05, 3.63) is 41.7 Å². The summed E-state index contributed by atoms with van der Waals surface area (Å²) in [5.41, 5.74) is -1.79. The second-order valence-electron chi connectivity index (χ2n) is 5.25. The number of rotatable bonds is 4. The van der Waals surface area contributed by atoms with Gasteiger partial charge in [-0.1, -0.05) is 31.2 Å². The standard InChI is InChI=1S/C16H16FNO4/c1-3-16(2,15(21)22)18-14(20)11-8-12(17)9-6-4-5-7-10(9)13(11)19/h4-8,19H,3H2,1-2H3,(H,18,20)(H,21,22). The Balaban J connectivity index is 2.49. The lowest BCUT2D eigenvalue weighted by Crippen LogP contribution is -2.51. The number of aliphatic carboxylic acids is 1. The zero-order chi connectivity index (χ0) is 16.5. The van der Waals surface area contributed by atoms with E-state index in [9.17, 15) is 24.2 Å². The lowest BCUT2D eigenvalue weighted by atomic mass is 9.97. The number of phenolic OH excluding ortho intramolecular Hbond substituents is 1. The number of halogens is 1. The van der Waals surface area contributed by atoms with E-state index in [-0.39, 0.29) is 28.5 Å². The van der Waals surface area contributed by atoms with Gasteiger partial charge in [-0.15, -0.1) is 0 Å². The van der Waals surface area contributed by atoms with E-state index in [0.717, 1.165) is 6.07 Å². The number of hydrogen-bond donors (Lipinski definition) is 3. The molecule has 0 heterocycles. The van der Waals surface area contributed by atoms with Gasteiger partial charge in [0.05, 0.1) is 5.56 Å². The van der Waals surface area contributed by atoms with E-state index in [1.165, 1.54) is 19.1 Å². The second kappa shape index (κ2) is 5.63. The molecular formula is C16H16FNO4. The summed E-state index contributed by atoms with van der Waals surface area (Å²) in [6.45, 7) is 2.96. The number of carboxylic acids is 1. The van der Waals surface area contributed by atoms with E-state index in [1.807, 2.05) is 0 Å². The minimum atomic E-state index is -1.49. The average Bonchev–Trinajstić information content (AvgIpc) is 2.50. The van der Waals surface area contributed by atoms with Crippen LogP contribution in [0.5, 0.6) is 5.75 Å². The molecule has 0 radical (unpaired) electrons. The zero-order valence-electron chi connectivity index (χ0n) is 12.2. The minimum Gasteiger partial charge on any atom is -0.506 e. The lowest BCUT2D eigenvalue weighted by molar-refractivity contribution is -0.143. The molecule has 0 aromatic heterocycles. The fourth-order valence-electron chi connectivity index (χ4n) is 2.10. The van der Waals surface area contributed by atoms with Gasteiger partial charge in [0.1, 0.15) is 17.1 Å². The van der Waals surface area contributed by atoms with Crippen LogP contribution < -0.4 is 5.32 Å². The lowest BCUT2D eigenvalue weighted by Gasteiger charge is -2.25. The SMILES string of the molecule is CCC(C)(NC(=O)c1cc(F)c2ccccc2c1O)C(=O)O. The predicted octanol–water partition coefficient (Wildman–Crippen LogP) is 2.67. The molecule has 2 aromatic carbocycles. The van der Waals surface area contributed by atoms with Gasteiger partial charge in [0, 0.05) is 10.8 Å². The van der Waals surface area contributed by atoms with Gasteiger partial charge in [-0.05, 0) is 19.4 Å². The molecule has 0 saturated heterocycles.